The molecule has 4 aliphatic carbocycles. The third-order valence-corrected chi connectivity index (χ3v) is 8.43. The summed E-state index contributed by atoms with van der Waals surface area (Å²) in [7, 11) is 0. The van der Waals surface area contributed by atoms with Gasteiger partial charge in [-0.1, -0.05) is 37.1 Å². The lowest BCUT2D eigenvalue weighted by molar-refractivity contribution is -0.148. The van der Waals surface area contributed by atoms with Crippen molar-refractivity contribution in [2.75, 3.05) is 0 Å². The Balaban J connectivity index is 1.62. The molecule has 4 rings (SSSR count). The molecule has 0 unspecified atom stereocenters. The molecule has 0 aliphatic heterocycles. The van der Waals surface area contributed by atoms with Crippen molar-refractivity contribution in [1.82, 2.24) is 0 Å². The van der Waals surface area contributed by atoms with Gasteiger partial charge in [-0.2, -0.15) is 0 Å². The third-order valence-electron chi connectivity index (χ3n) is 8.16. The highest BCUT2D eigenvalue weighted by atomic mass is 35.5. The molecule has 3 fully saturated rings. The van der Waals surface area contributed by atoms with Gasteiger partial charge in [0.05, 0.1) is 0 Å². The summed E-state index contributed by atoms with van der Waals surface area (Å²) >= 11 is 5.96. The van der Waals surface area contributed by atoms with E-state index in [-0.39, 0.29) is 28.7 Å². The molecular weight excluding hydrogens is 348 g/mol. The Morgan fingerprint density at radius 3 is 2.62 bits per heavy atom. The maximum atomic E-state index is 12.9. The Labute approximate surface area is 161 Å². The molecule has 4 heteroatoms. The van der Waals surface area contributed by atoms with Crippen molar-refractivity contribution in [3.8, 4) is 0 Å². The average molecular weight is 377 g/mol. The van der Waals surface area contributed by atoms with E-state index >= 15 is 0 Å². The lowest BCUT2D eigenvalue weighted by Gasteiger charge is -2.56. The summed E-state index contributed by atoms with van der Waals surface area (Å²) in [5, 5.41) is 0. The molecule has 0 bridgehead atoms. The Morgan fingerprint density at radius 2 is 1.92 bits per heavy atom. The van der Waals surface area contributed by atoms with Crippen molar-refractivity contribution in [1.29, 1.82) is 0 Å². The Bertz CT molecular complexity index is 708. The van der Waals surface area contributed by atoms with Crippen LogP contribution in [-0.2, 0) is 14.3 Å². The Kier molecular flexibility index (Phi) is 4.38. The fourth-order valence-corrected chi connectivity index (χ4v) is 6.92. The summed E-state index contributed by atoms with van der Waals surface area (Å²) in [5.74, 6) is 1.72. The minimum absolute atomic E-state index is 0.0380. The number of Topliss-reactive ketones (excluding diaryl/α,β-unsaturated/α-hetero) is 1. The minimum Gasteiger partial charge on any atom is -0.462 e. The van der Waals surface area contributed by atoms with Crippen LogP contribution in [0.1, 0.15) is 65.7 Å². The van der Waals surface area contributed by atoms with Gasteiger partial charge in [-0.15, -0.1) is 0 Å². The van der Waals surface area contributed by atoms with E-state index in [2.05, 4.69) is 19.9 Å². The second kappa shape index (κ2) is 6.22. The van der Waals surface area contributed by atoms with Crippen LogP contribution >= 0.6 is 11.6 Å². The van der Waals surface area contributed by atoms with Crippen LogP contribution in [0.5, 0.6) is 0 Å². The fourth-order valence-electron chi connectivity index (χ4n) is 6.73. The number of carbonyl (C=O) groups is 2. The lowest BCUT2D eigenvalue weighted by atomic mass is 9.48. The first-order valence-corrected chi connectivity index (χ1v) is 10.4. The van der Waals surface area contributed by atoms with Crippen LogP contribution in [-0.4, -0.2) is 17.9 Å². The number of ether oxygens (including phenoxy) is 1. The smallest absolute Gasteiger partial charge is 0.302 e. The largest absolute Gasteiger partial charge is 0.462 e. The number of fused-ring (bicyclic) bond motifs is 5. The molecule has 0 amide bonds. The number of hydrogen-bond acceptors (Lipinski definition) is 3. The van der Waals surface area contributed by atoms with Gasteiger partial charge in [0, 0.05) is 29.9 Å². The summed E-state index contributed by atoms with van der Waals surface area (Å²) < 4.78 is 5.50. The molecule has 0 heterocycles. The number of carbonyl (C=O) groups excluding carboxylic acids is 2. The zero-order chi connectivity index (χ0) is 18.7. The summed E-state index contributed by atoms with van der Waals surface area (Å²) in [6, 6.07) is 0. The van der Waals surface area contributed by atoms with Crippen molar-refractivity contribution < 1.29 is 14.3 Å². The molecule has 0 aromatic heterocycles. The monoisotopic (exact) mass is 376 g/mol. The van der Waals surface area contributed by atoms with Crippen LogP contribution in [0.15, 0.2) is 22.8 Å². The average Bonchev–Trinajstić information content (AvgIpc) is 2.86. The van der Waals surface area contributed by atoms with E-state index in [1.165, 1.54) is 18.0 Å². The molecule has 0 radical (unpaired) electrons. The van der Waals surface area contributed by atoms with E-state index in [0.717, 1.165) is 50.5 Å². The van der Waals surface area contributed by atoms with E-state index in [9.17, 15) is 9.59 Å². The number of ketones is 1. The van der Waals surface area contributed by atoms with Crippen LogP contribution in [0.4, 0.5) is 0 Å². The highest BCUT2D eigenvalue weighted by Gasteiger charge is 2.59. The third kappa shape index (κ3) is 2.53. The topological polar surface area (TPSA) is 43.4 Å². The number of hydrogen-bond donors (Lipinski definition) is 0. The minimum atomic E-state index is -0.224. The maximum Gasteiger partial charge on any atom is 0.302 e. The molecule has 3 saturated carbocycles. The van der Waals surface area contributed by atoms with Gasteiger partial charge in [0.2, 0.25) is 0 Å². The van der Waals surface area contributed by atoms with Crippen LogP contribution in [0.2, 0.25) is 0 Å². The standard InChI is InChI=1S/C22H29ClO3/c1-13(24)26-16-6-8-21(2)15(11-16)4-5-17-18(21)7-9-22(3)19(17)10-14(12-23)20(22)25/h4,12,16-19H,5-11H2,1-3H3/b14-12+/t16-,17+,18-,19-,21-,22-/m0/s1. The lowest BCUT2D eigenvalue weighted by Crippen LogP contribution is -2.50. The maximum absolute atomic E-state index is 12.9. The van der Waals surface area contributed by atoms with Crippen LogP contribution < -0.4 is 0 Å². The van der Waals surface area contributed by atoms with Crippen LogP contribution in [0, 0.1) is 28.6 Å². The predicted octanol–water partition coefficient (Wildman–Crippen LogP) is 5.18. The van der Waals surface area contributed by atoms with Gasteiger partial charge < -0.3 is 4.74 Å². The van der Waals surface area contributed by atoms with E-state index in [1.807, 2.05) is 0 Å². The SMILES string of the molecule is CC(=O)O[C@H]1CC[C@@]2(C)C(=CC[C@@H]3[C@@H]2CC[C@]2(C)C(=O)/C(=C/Cl)C[C@@H]32)C1. The Morgan fingerprint density at radius 1 is 1.19 bits per heavy atom. The van der Waals surface area contributed by atoms with E-state index < -0.39 is 0 Å². The van der Waals surface area contributed by atoms with E-state index in [1.54, 1.807) is 0 Å². The van der Waals surface area contributed by atoms with Crippen molar-refractivity contribution in [2.45, 2.75) is 71.8 Å². The molecule has 0 saturated heterocycles. The van der Waals surface area contributed by atoms with Gasteiger partial charge in [-0.25, -0.2) is 0 Å². The summed E-state index contributed by atoms with van der Waals surface area (Å²) in [4.78, 5) is 24.2. The second-order valence-corrected chi connectivity index (χ2v) is 9.58. The van der Waals surface area contributed by atoms with Gasteiger partial charge in [0.15, 0.2) is 5.78 Å². The number of rotatable bonds is 1. The number of esters is 1. The zero-order valence-corrected chi connectivity index (χ0v) is 16.8. The van der Waals surface area contributed by atoms with Gasteiger partial charge in [0.1, 0.15) is 6.10 Å². The molecule has 3 nitrogen and oxygen atoms in total. The molecule has 6 atom stereocenters. The molecule has 0 N–H and O–H groups in total. The fraction of sp³-hybridized carbons (Fsp3) is 0.727. The Hall–Kier alpha value is -1.09. The van der Waals surface area contributed by atoms with E-state index in [4.69, 9.17) is 16.3 Å². The van der Waals surface area contributed by atoms with Crippen LogP contribution in [0.25, 0.3) is 0 Å². The van der Waals surface area contributed by atoms with Crippen molar-refractivity contribution in [2.24, 2.45) is 28.6 Å². The second-order valence-electron chi connectivity index (χ2n) is 9.36. The molecule has 0 aromatic rings. The van der Waals surface area contributed by atoms with Crippen molar-refractivity contribution in [3.05, 3.63) is 22.8 Å². The van der Waals surface area contributed by atoms with Gasteiger partial charge in [0.25, 0.3) is 0 Å². The summed E-state index contributed by atoms with van der Waals surface area (Å²) in [6.07, 6.45) is 9.34. The van der Waals surface area contributed by atoms with Crippen molar-refractivity contribution in [3.63, 3.8) is 0 Å². The first-order valence-electron chi connectivity index (χ1n) is 10.0. The molecule has 26 heavy (non-hydrogen) atoms. The van der Waals surface area contributed by atoms with Gasteiger partial charge in [-0.3, -0.25) is 9.59 Å². The van der Waals surface area contributed by atoms with Gasteiger partial charge in [-0.05, 0) is 61.7 Å². The summed E-state index contributed by atoms with van der Waals surface area (Å²) in [5.41, 5.74) is 3.81. The van der Waals surface area contributed by atoms with Crippen LogP contribution in [0.3, 0.4) is 0 Å². The zero-order valence-electron chi connectivity index (χ0n) is 16.0. The normalized spacial score (nSPS) is 46.2. The molecule has 142 valence electrons. The highest BCUT2D eigenvalue weighted by molar-refractivity contribution is 6.28. The van der Waals surface area contributed by atoms with Crippen molar-refractivity contribution >= 4 is 23.4 Å². The first kappa shape index (κ1) is 18.3. The molecule has 0 aromatic carbocycles. The summed E-state index contributed by atoms with van der Waals surface area (Å²) in [6.45, 7) is 6.08. The van der Waals surface area contributed by atoms with E-state index in [0.29, 0.717) is 17.8 Å². The molecule has 0 spiro atoms. The van der Waals surface area contributed by atoms with Gasteiger partial charge >= 0.3 is 5.97 Å². The first-order chi connectivity index (χ1) is 12.3. The quantitative estimate of drug-likeness (QED) is 0.359. The molecular formula is C22H29ClO3. The number of allylic oxidation sites excluding steroid dienone is 2. The highest BCUT2D eigenvalue weighted by Crippen LogP contribution is 2.64. The number of halogens is 1. The molecule has 4 aliphatic rings. The predicted molar refractivity (Wildman–Crippen MR) is 102 cm³/mol.